The summed E-state index contributed by atoms with van der Waals surface area (Å²) < 4.78 is 54.1. The molecule has 0 aliphatic carbocycles. The molecule has 1 aliphatic heterocycles. The lowest BCUT2D eigenvalue weighted by atomic mass is 9.86. The van der Waals surface area contributed by atoms with Crippen molar-refractivity contribution in [3.63, 3.8) is 0 Å². The van der Waals surface area contributed by atoms with Crippen molar-refractivity contribution >= 4 is 32.3 Å². The van der Waals surface area contributed by atoms with E-state index in [0.717, 1.165) is 28.6 Å². The van der Waals surface area contributed by atoms with Gasteiger partial charge in [-0.15, -0.1) is 0 Å². The second-order valence-corrected chi connectivity index (χ2v) is 10.9. The number of hydrogen-bond donors (Lipinski definition) is 2. The van der Waals surface area contributed by atoms with Gasteiger partial charge in [0.05, 0.1) is 11.1 Å². The van der Waals surface area contributed by atoms with E-state index in [9.17, 15) is 22.3 Å². The summed E-state index contributed by atoms with van der Waals surface area (Å²) in [5.41, 5.74) is 2.37. The number of nitrogens with one attached hydrogen (secondary N) is 1. The predicted molar refractivity (Wildman–Crippen MR) is 138 cm³/mol. The highest BCUT2D eigenvalue weighted by molar-refractivity contribution is 7.93. The third-order valence-corrected chi connectivity index (χ3v) is 8.28. The molecular weight excluding hydrogens is 484 g/mol. The fourth-order valence-electron chi connectivity index (χ4n) is 4.68. The van der Waals surface area contributed by atoms with Crippen LogP contribution in [0.5, 0.6) is 0 Å². The number of aryl methyl sites for hydroxylation is 1. The Hall–Kier alpha value is -3.04. The lowest BCUT2D eigenvalue weighted by molar-refractivity contribution is -0.0296. The first-order valence-electron chi connectivity index (χ1n) is 12.1. The number of anilines is 1. The molecule has 1 aliphatic rings. The van der Waals surface area contributed by atoms with E-state index in [2.05, 4.69) is 16.3 Å². The number of para-hydroxylation sites is 1. The van der Waals surface area contributed by atoms with Crippen LogP contribution >= 0.6 is 0 Å². The van der Waals surface area contributed by atoms with Gasteiger partial charge < -0.3 is 10.0 Å². The molecule has 0 unspecified atom stereocenters. The molecular formula is C27H31F2N3O3S. The Kier molecular flexibility index (Phi) is 7.61. The number of sulfonamides is 1. The average molecular weight is 516 g/mol. The molecule has 4 rings (SSSR count). The van der Waals surface area contributed by atoms with E-state index in [1.165, 1.54) is 0 Å². The minimum atomic E-state index is -3.87. The van der Waals surface area contributed by atoms with Crippen LogP contribution < -0.4 is 4.72 Å². The summed E-state index contributed by atoms with van der Waals surface area (Å²) >= 11 is 0. The number of benzene rings is 2. The normalized spacial score (nSPS) is 15.9. The Morgan fingerprint density at radius 1 is 1.17 bits per heavy atom. The monoisotopic (exact) mass is 515 g/mol. The maximum Gasteiger partial charge on any atom is 0.264 e. The van der Waals surface area contributed by atoms with Crippen molar-refractivity contribution in [3.8, 4) is 0 Å². The quantitative estimate of drug-likeness (QED) is 0.397. The molecule has 0 atom stereocenters. The third kappa shape index (κ3) is 5.68. The van der Waals surface area contributed by atoms with Gasteiger partial charge in [0.2, 0.25) is 6.43 Å². The average Bonchev–Trinajstić information content (AvgIpc) is 2.87. The van der Waals surface area contributed by atoms with Gasteiger partial charge >= 0.3 is 0 Å². The lowest BCUT2D eigenvalue weighted by Crippen LogP contribution is -2.43. The molecule has 0 spiro atoms. The summed E-state index contributed by atoms with van der Waals surface area (Å²) in [4.78, 5) is 6.46. The van der Waals surface area contributed by atoms with Crippen LogP contribution in [0.2, 0.25) is 0 Å². The van der Waals surface area contributed by atoms with Crippen molar-refractivity contribution in [1.29, 1.82) is 0 Å². The summed E-state index contributed by atoms with van der Waals surface area (Å²) in [5.74, 6) is 0. The number of aliphatic hydroxyl groups is 1. The first-order valence-corrected chi connectivity index (χ1v) is 13.5. The number of hydrogen-bond acceptors (Lipinski definition) is 5. The molecule has 36 heavy (non-hydrogen) atoms. The number of pyridine rings is 1. The van der Waals surface area contributed by atoms with Gasteiger partial charge in [0.15, 0.2) is 0 Å². The SMILES string of the molecule is C=C(c1ccc(NS(=O)(=O)c2cccc3c(CC)ccnc23)cc1)N1CCC(O)(CCC(F)F)CC1. The summed E-state index contributed by atoms with van der Waals surface area (Å²) in [6.07, 6.45) is 0.567. The molecule has 6 nitrogen and oxygen atoms in total. The minimum absolute atomic E-state index is 0.0891. The van der Waals surface area contributed by atoms with Gasteiger partial charge in [-0.05, 0) is 61.1 Å². The first kappa shape index (κ1) is 26.0. The minimum Gasteiger partial charge on any atom is -0.390 e. The van der Waals surface area contributed by atoms with Gasteiger partial charge in [0.1, 0.15) is 4.90 Å². The molecule has 3 aromatic rings. The highest BCUT2D eigenvalue weighted by atomic mass is 32.2. The van der Waals surface area contributed by atoms with Crippen molar-refractivity contribution in [2.24, 2.45) is 0 Å². The first-order chi connectivity index (χ1) is 17.1. The Labute approximate surface area is 210 Å². The van der Waals surface area contributed by atoms with E-state index in [4.69, 9.17) is 0 Å². The van der Waals surface area contributed by atoms with Crippen LogP contribution in [0.15, 0.2) is 66.2 Å². The molecule has 9 heteroatoms. The maximum absolute atomic E-state index is 13.2. The molecule has 0 radical (unpaired) electrons. The Balaban J connectivity index is 1.44. The van der Waals surface area contributed by atoms with Crippen LogP contribution in [0, 0.1) is 0 Å². The summed E-state index contributed by atoms with van der Waals surface area (Å²) in [6.45, 7) is 7.19. The molecule has 1 fully saturated rings. The second-order valence-electron chi connectivity index (χ2n) is 9.25. The van der Waals surface area contributed by atoms with Gasteiger partial charge in [-0.1, -0.05) is 37.8 Å². The molecule has 1 aromatic heterocycles. The standard InChI is InChI=1S/C27H31F2N3O3S/c1-3-20-12-16-30-26-23(20)5-4-6-24(26)36(34,35)31-22-9-7-21(8-10-22)19(2)32-17-14-27(33,15-18-32)13-11-25(28)29/h4-10,12,16,25,31,33H,2-3,11,13-15,17-18H2,1H3. The smallest absolute Gasteiger partial charge is 0.264 e. The number of fused-ring (bicyclic) bond motifs is 1. The summed E-state index contributed by atoms with van der Waals surface area (Å²) in [7, 11) is -3.87. The Bertz CT molecular complexity index is 1340. The Morgan fingerprint density at radius 3 is 2.50 bits per heavy atom. The summed E-state index contributed by atoms with van der Waals surface area (Å²) in [5, 5.41) is 11.4. The van der Waals surface area contributed by atoms with Crippen LogP contribution in [0.4, 0.5) is 14.5 Å². The predicted octanol–water partition coefficient (Wildman–Crippen LogP) is 5.44. The zero-order chi connectivity index (χ0) is 25.9. The highest BCUT2D eigenvalue weighted by Gasteiger charge is 2.33. The van der Waals surface area contributed by atoms with E-state index >= 15 is 0 Å². The van der Waals surface area contributed by atoms with Gasteiger partial charge in [0, 0.05) is 42.5 Å². The van der Waals surface area contributed by atoms with Gasteiger partial charge in [-0.25, -0.2) is 17.2 Å². The van der Waals surface area contributed by atoms with E-state index in [1.54, 1.807) is 42.6 Å². The molecule has 0 saturated carbocycles. The van der Waals surface area contributed by atoms with Crippen molar-refractivity contribution < 1.29 is 22.3 Å². The molecule has 1 saturated heterocycles. The fraction of sp³-hybridized carbons (Fsp3) is 0.370. The maximum atomic E-state index is 13.2. The van der Waals surface area contributed by atoms with Crippen LogP contribution in [-0.2, 0) is 16.4 Å². The largest absolute Gasteiger partial charge is 0.390 e. The zero-order valence-corrected chi connectivity index (χ0v) is 21.1. The molecule has 0 amide bonds. The zero-order valence-electron chi connectivity index (χ0n) is 20.3. The van der Waals surface area contributed by atoms with Crippen LogP contribution in [0.3, 0.4) is 0 Å². The van der Waals surface area contributed by atoms with Crippen LogP contribution in [-0.4, -0.2) is 48.5 Å². The third-order valence-electron chi connectivity index (χ3n) is 6.87. The van der Waals surface area contributed by atoms with Gasteiger partial charge in [-0.3, -0.25) is 9.71 Å². The molecule has 192 valence electrons. The lowest BCUT2D eigenvalue weighted by Gasteiger charge is -2.40. The van der Waals surface area contributed by atoms with E-state index in [-0.39, 0.29) is 17.7 Å². The molecule has 2 N–H and O–H groups in total. The molecule has 0 bridgehead atoms. The fourth-order valence-corrected chi connectivity index (χ4v) is 5.91. The topological polar surface area (TPSA) is 82.5 Å². The van der Waals surface area contributed by atoms with Crippen molar-refractivity contribution in [2.45, 2.75) is 55.9 Å². The number of piperidine rings is 1. The molecule has 2 heterocycles. The highest BCUT2D eigenvalue weighted by Crippen LogP contribution is 2.32. The molecule has 2 aromatic carbocycles. The number of nitrogens with zero attached hydrogens (tertiary/aromatic N) is 2. The number of rotatable bonds is 9. The van der Waals surface area contributed by atoms with Gasteiger partial charge in [0.25, 0.3) is 10.0 Å². The summed E-state index contributed by atoms with van der Waals surface area (Å²) in [6, 6.07) is 14.0. The van der Waals surface area contributed by atoms with E-state index in [0.29, 0.717) is 37.1 Å². The van der Waals surface area contributed by atoms with Crippen LogP contribution in [0.25, 0.3) is 16.6 Å². The number of halogens is 2. The number of alkyl halides is 2. The van der Waals surface area contributed by atoms with E-state index < -0.39 is 22.0 Å². The van der Waals surface area contributed by atoms with Crippen molar-refractivity contribution in [2.75, 3.05) is 17.8 Å². The number of aromatic nitrogens is 1. The van der Waals surface area contributed by atoms with Crippen LogP contribution in [0.1, 0.15) is 43.7 Å². The van der Waals surface area contributed by atoms with Crippen molar-refractivity contribution in [1.82, 2.24) is 9.88 Å². The number of likely N-dealkylation sites (tertiary alicyclic amines) is 1. The van der Waals surface area contributed by atoms with Crippen molar-refractivity contribution in [3.05, 3.63) is 72.4 Å². The second kappa shape index (κ2) is 10.5. The Morgan fingerprint density at radius 2 is 1.86 bits per heavy atom. The van der Waals surface area contributed by atoms with Gasteiger partial charge in [-0.2, -0.15) is 0 Å². The van der Waals surface area contributed by atoms with E-state index in [1.807, 2.05) is 24.0 Å².